The maximum atomic E-state index is 6.13. The molecule has 1 atom stereocenters. The van der Waals surface area contributed by atoms with Gasteiger partial charge in [0.1, 0.15) is 0 Å². The van der Waals surface area contributed by atoms with Crippen molar-refractivity contribution >= 4 is 11.6 Å². The smallest absolute Gasteiger partial charge is 0.0594 e. The molecule has 72 valence electrons. The molecule has 3 heteroatoms. The first-order valence-corrected chi connectivity index (χ1v) is 5.20. The van der Waals surface area contributed by atoms with E-state index in [4.69, 9.17) is 16.3 Å². The lowest BCUT2D eigenvalue weighted by Crippen LogP contribution is -2.39. The molecule has 2 nitrogen and oxygen atoms in total. The summed E-state index contributed by atoms with van der Waals surface area (Å²) in [4.78, 5) is 2.39. The van der Waals surface area contributed by atoms with E-state index < -0.39 is 0 Å². The zero-order valence-corrected chi connectivity index (χ0v) is 8.52. The first-order valence-electron chi connectivity index (χ1n) is 4.77. The van der Waals surface area contributed by atoms with E-state index in [1.54, 1.807) is 0 Å². The molecule has 0 aromatic carbocycles. The summed E-state index contributed by atoms with van der Waals surface area (Å²) in [6.45, 7) is 7.04. The molecule has 1 saturated heterocycles. The summed E-state index contributed by atoms with van der Waals surface area (Å²) in [7, 11) is 0. The van der Waals surface area contributed by atoms with Gasteiger partial charge in [0, 0.05) is 25.0 Å². The van der Waals surface area contributed by atoms with Crippen molar-refractivity contribution in [3.63, 3.8) is 0 Å². The molecule has 0 N–H and O–H groups in total. The van der Waals surface area contributed by atoms with Gasteiger partial charge in [0.15, 0.2) is 0 Å². The Labute approximate surface area is 79.8 Å². The summed E-state index contributed by atoms with van der Waals surface area (Å²) in [5, 5.41) is 0.327. The molecule has 1 unspecified atom stereocenters. The molecule has 1 heterocycles. The van der Waals surface area contributed by atoms with E-state index in [9.17, 15) is 0 Å². The summed E-state index contributed by atoms with van der Waals surface area (Å²) in [5.74, 6) is 0. The first-order chi connectivity index (χ1) is 5.83. The van der Waals surface area contributed by atoms with Crippen LogP contribution >= 0.6 is 11.6 Å². The third-order valence-corrected chi connectivity index (χ3v) is 2.52. The Balaban J connectivity index is 2.11. The van der Waals surface area contributed by atoms with Crippen molar-refractivity contribution < 1.29 is 4.74 Å². The SMILES string of the molecule is CCCC(Cl)CN1CCOCC1. The van der Waals surface area contributed by atoms with Crippen LogP contribution in [0.25, 0.3) is 0 Å². The van der Waals surface area contributed by atoms with Crippen molar-refractivity contribution in [2.45, 2.75) is 25.1 Å². The normalized spacial score (nSPS) is 22.5. The molecule has 1 aliphatic heterocycles. The Hall–Kier alpha value is 0.210. The molecule has 0 radical (unpaired) electrons. The molecule has 1 rings (SSSR count). The van der Waals surface area contributed by atoms with Crippen molar-refractivity contribution in [2.75, 3.05) is 32.8 Å². The fourth-order valence-corrected chi connectivity index (χ4v) is 1.88. The van der Waals surface area contributed by atoms with Gasteiger partial charge in [-0.25, -0.2) is 0 Å². The number of ether oxygens (including phenoxy) is 1. The highest BCUT2D eigenvalue weighted by atomic mass is 35.5. The molecule has 0 amide bonds. The van der Waals surface area contributed by atoms with E-state index in [-0.39, 0.29) is 0 Å². The Morgan fingerprint density at radius 2 is 2.08 bits per heavy atom. The lowest BCUT2D eigenvalue weighted by Gasteiger charge is -2.28. The molecule has 0 spiro atoms. The van der Waals surface area contributed by atoms with Gasteiger partial charge in [0.2, 0.25) is 0 Å². The second-order valence-corrected chi connectivity index (χ2v) is 3.92. The molecule has 1 aliphatic rings. The van der Waals surface area contributed by atoms with Gasteiger partial charge >= 0.3 is 0 Å². The largest absolute Gasteiger partial charge is 0.379 e. The second-order valence-electron chi connectivity index (χ2n) is 3.30. The molecule has 0 saturated carbocycles. The maximum Gasteiger partial charge on any atom is 0.0594 e. The van der Waals surface area contributed by atoms with Gasteiger partial charge < -0.3 is 4.74 Å². The van der Waals surface area contributed by atoms with Crippen molar-refractivity contribution in [3.8, 4) is 0 Å². The van der Waals surface area contributed by atoms with Crippen LogP contribution in [0.15, 0.2) is 0 Å². The van der Waals surface area contributed by atoms with E-state index in [2.05, 4.69) is 11.8 Å². The zero-order valence-electron chi connectivity index (χ0n) is 7.76. The molecule has 0 aromatic heterocycles. The lowest BCUT2D eigenvalue weighted by molar-refractivity contribution is 0.0376. The van der Waals surface area contributed by atoms with Crippen LogP contribution in [0, 0.1) is 0 Å². The minimum atomic E-state index is 0.327. The van der Waals surface area contributed by atoms with Crippen LogP contribution in [0.3, 0.4) is 0 Å². The fraction of sp³-hybridized carbons (Fsp3) is 1.00. The van der Waals surface area contributed by atoms with Crippen LogP contribution in [-0.4, -0.2) is 43.1 Å². The molecular weight excluding hydrogens is 174 g/mol. The van der Waals surface area contributed by atoms with Gasteiger partial charge in [0.05, 0.1) is 13.2 Å². The van der Waals surface area contributed by atoms with Crippen LogP contribution < -0.4 is 0 Å². The zero-order chi connectivity index (χ0) is 8.81. The topological polar surface area (TPSA) is 12.5 Å². The number of hydrogen-bond acceptors (Lipinski definition) is 2. The number of halogens is 1. The maximum absolute atomic E-state index is 6.13. The van der Waals surface area contributed by atoms with E-state index in [0.717, 1.165) is 39.3 Å². The third kappa shape index (κ3) is 3.74. The third-order valence-electron chi connectivity index (χ3n) is 2.16. The molecular formula is C9H18ClNO. The summed E-state index contributed by atoms with van der Waals surface area (Å²) in [6.07, 6.45) is 2.30. The minimum Gasteiger partial charge on any atom is -0.379 e. The van der Waals surface area contributed by atoms with Crippen molar-refractivity contribution in [2.24, 2.45) is 0 Å². The number of nitrogens with zero attached hydrogens (tertiary/aromatic N) is 1. The number of rotatable bonds is 4. The Bertz CT molecular complexity index is 115. The Morgan fingerprint density at radius 1 is 1.42 bits per heavy atom. The molecule has 12 heavy (non-hydrogen) atoms. The van der Waals surface area contributed by atoms with E-state index >= 15 is 0 Å². The second kappa shape index (κ2) is 5.79. The Kier molecular flexibility index (Phi) is 4.96. The average molecular weight is 192 g/mol. The van der Waals surface area contributed by atoms with Crippen molar-refractivity contribution in [3.05, 3.63) is 0 Å². The van der Waals surface area contributed by atoms with Gasteiger partial charge in [-0.05, 0) is 6.42 Å². The highest BCUT2D eigenvalue weighted by Gasteiger charge is 2.13. The predicted molar refractivity (Wildman–Crippen MR) is 51.8 cm³/mol. The van der Waals surface area contributed by atoms with Gasteiger partial charge in [-0.1, -0.05) is 13.3 Å². The van der Waals surface area contributed by atoms with Crippen LogP contribution in [-0.2, 0) is 4.74 Å². The van der Waals surface area contributed by atoms with Gasteiger partial charge in [-0.2, -0.15) is 0 Å². The van der Waals surface area contributed by atoms with Gasteiger partial charge in [-0.3, -0.25) is 4.90 Å². The van der Waals surface area contributed by atoms with E-state index in [0.29, 0.717) is 5.38 Å². The highest BCUT2D eigenvalue weighted by Crippen LogP contribution is 2.08. The minimum absolute atomic E-state index is 0.327. The Morgan fingerprint density at radius 3 is 2.67 bits per heavy atom. The van der Waals surface area contributed by atoms with Crippen LogP contribution in [0.5, 0.6) is 0 Å². The monoisotopic (exact) mass is 191 g/mol. The lowest BCUT2D eigenvalue weighted by atomic mass is 10.2. The predicted octanol–water partition coefficient (Wildman–Crippen LogP) is 1.73. The summed E-state index contributed by atoms with van der Waals surface area (Å²) in [6, 6.07) is 0. The van der Waals surface area contributed by atoms with Crippen LogP contribution in [0.2, 0.25) is 0 Å². The molecule has 0 bridgehead atoms. The van der Waals surface area contributed by atoms with E-state index in [1.807, 2.05) is 0 Å². The fourth-order valence-electron chi connectivity index (χ4n) is 1.47. The summed E-state index contributed by atoms with van der Waals surface area (Å²) < 4.78 is 5.26. The number of hydrogen-bond donors (Lipinski definition) is 0. The molecule has 1 fully saturated rings. The number of alkyl halides is 1. The van der Waals surface area contributed by atoms with Crippen LogP contribution in [0.1, 0.15) is 19.8 Å². The van der Waals surface area contributed by atoms with E-state index in [1.165, 1.54) is 6.42 Å². The van der Waals surface area contributed by atoms with Crippen molar-refractivity contribution in [1.29, 1.82) is 0 Å². The summed E-state index contributed by atoms with van der Waals surface area (Å²) in [5.41, 5.74) is 0. The highest BCUT2D eigenvalue weighted by molar-refractivity contribution is 6.20. The standard InChI is InChI=1S/C9H18ClNO/c1-2-3-9(10)8-11-4-6-12-7-5-11/h9H,2-8H2,1H3. The molecule has 0 aromatic rings. The molecule has 0 aliphatic carbocycles. The summed E-state index contributed by atoms with van der Waals surface area (Å²) >= 11 is 6.13. The quantitative estimate of drug-likeness (QED) is 0.628. The van der Waals surface area contributed by atoms with Gasteiger partial charge in [0.25, 0.3) is 0 Å². The average Bonchev–Trinajstić information content (AvgIpc) is 2.06. The van der Waals surface area contributed by atoms with Gasteiger partial charge in [-0.15, -0.1) is 11.6 Å². The first kappa shape index (κ1) is 10.3. The number of morpholine rings is 1. The van der Waals surface area contributed by atoms with Crippen molar-refractivity contribution in [1.82, 2.24) is 4.90 Å². The van der Waals surface area contributed by atoms with Crippen LogP contribution in [0.4, 0.5) is 0 Å².